The van der Waals surface area contributed by atoms with Gasteiger partial charge in [-0.3, -0.25) is 19.0 Å². The van der Waals surface area contributed by atoms with Gasteiger partial charge in [-0.05, 0) is 5.56 Å². The van der Waals surface area contributed by atoms with Crippen molar-refractivity contribution < 1.29 is 0 Å². The van der Waals surface area contributed by atoms with Crippen molar-refractivity contribution in [2.24, 2.45) is 14.1 Å². The fourth-order valence-corrected chi connectivity index (χ4v) is 2.31. The molecule has 0 radical (unpaired) electrons. The molecule has 0 saturated carbocycles. The fraction of sp³-hybridized carbons (Fsp3) is 0.214. The van der Waals surface area contributed by atoms with E-state index in [2.05, 4.69) is 10.1 Å². The van der Waals surface area contributed by atoms with E-state index in [4.69, 9.17) is 0 Å². The molecular weight excluding hydrogens is 256 g/mol. The number of nitrogens with one attached hydrogen (secondary N) is 1. The number of hydrogen-bond donors (Lipinski definition) is 1. The molecule has 6 nitrogen and oxygen atoms in total. The van der Waals surface area contributed by atoms with Crippen LogP contribution in [0.2, 0.25) is 0 Å². The van der Waals surface area contributed by atoms with Gasteiger partial charge in [0.25, 0.3) is 5.56 Å². The Bertz CT molecular complexity index is 887. The second kappa shape index (κ2) is 4.48. The molecule has 0 amide bonds. The van der Waals surface area contributed by atoms with Crippen molar-refractivity contribution in [2.75, 3.05) is 0 Å². The monoisotopic (exact) mass is 270 g/mol. The maximum atomic E-state index is 12.3. The second-order valence-electron chi connectivity index (χ2n) is 4.75. The zero-order chi connectivity index (χ0) is 14.3. The molecule has 0 atom stereocenters. The van der Waals surface area contributed by atoms with Gasteiger partial charge in [0.05, 0.1) is 5.69 Å². The molecule has 0 fully saturated rings. The highest BCUT2D eigenvalue weighted by Crippen LogP contribution is 2.15. The molecular formula is C14H14N4O2. The quantitative estimate of drug-likeness (QED) is 0.739. The molecule has 1 aromatic carbocycles. The predicted octanol–water partition coefficient (Wildman–Crippen LogP) is 0.551. The Balaban J connectivity index is 2.26. The van der Waals surface area contributed by atoms with Crippen molar-refractivity contribution in [3.63, 3.8) is 0 Å². The second-order valence-corrected chi connectivity index (χ2v) is 4.75. The summed E-state index contributed by atoms with van der Waals surface area (Å²) in [5.74, 6) is 0. The number of H-pyrrole nitrogens is 1. The minimum absolute atomic E-state index is 0.317. The van der Waals surface area contributed by atoms with Gasteiger partial charge in [0, 0.05) is 20.5 Å². The van der Waals surface area contributed by atoms with E-state index in [-0.39, 0.29) is 5.56 Å². The summed E-state index contributed by atoms with van der Waals surface area (Å²) in [5, 5.41) is 4.69. The first-order valence-corrected chi connectivity index (χ1v) is 6.26. The van der Waals surface area contributed by atoms with Crippen molar-refractivity contribution in [1.82, 2.24) is 19.3 Å². The van der Waals surface area contributed by atoms with Gasteiger partial charge in [-0.25, -0.2) is 4.79 Å². The van der Waals surface area contributed by atoms with Crippen molar-refractivity contribution in [3.05, 3.63) is 62.4 Å². The lowest BCUT2D eigenvalue weighted by atomic mass is 10.1. The Morgan fingerprint density at radius 1 is 1.15 bits per heavy atom. The maximum absolute atomic E-state index is 12.3. The topological polar surface area (TPSA) is 72.7 Å². The highest BCUT2D eigenvalue weighted by atomic mass is 16.2. The molecule has 3 aromatic rings. The summed E-state index contributed by atoms with van der Waals surface area (Å²) >= 11 is 0. The molecule has 0 saturated heterocycles. The van der Waals surface area contributed by atoms with E-state index in [9.17, 15) is 9.59 Å². The number of aryl methyl sites for hydroxylation is 1. The molecule has 1 N–H and O–H groups in total. The van der Waals surface area contributed by atoms with Crippen LogP contribution in [0.1, 0.15) is 11.3 Å². The Morgan fingerprint density at radius 3 is 2.55 bits per heavy atom. The van der Waals surface area contributed by atoms with Gasteiger partial charge in [0.1, 0.15) is 5.39 Å². The summed E-state index contributed by atoms with van der Waals surface area (Å²) in [5.41, 5.74) is 1.45. The van der Waals surface area contributed by atoms with Crippen LogP contribution >= 0.6 is 0 Å². The highest BCUT2D eigenvalue weighted by molar-refractivity contribution is 5.77. The Hall–Kier alpha value is -2.63. The number of nitrogens with zero attached hydrogens (tertiary/aromatic N) is 3. The third-order valence-corrected chi connectivity index (χ3v) is 3.43. The molecule has 2 heterocycles. The minimum Gasteiger partial charge on any atom is -0.290 e. The van der Waals surface area contributed by atoms with E-state index in [1.807, 2.05) is 30.3 Å². The highest BCUT2D eigenvalue weighted by Gasteiger charge is 2.15. The van der Waals surface area contributed by atoms with Gasteiger partial charge < -0.3 is 0 Å². The molecule has 0 spiro atoms. The summed E-state index contributed by atoms with van der Waals surface area (Å²) in [6, 6.07) is 9.84. The van der Waals surface area contributed by atoms with Crippen LogP contribution in [0.15, 0.2) is 39.9 Å². The zero-order valence-corrected chi connectivity index (χ0v) is 11.3. The van der Waals surface area contributed by atoms with Gasteiger partial charge in [-0.15, -0.1) is 0 Å². The number of hydrogen-bond acceptors (Lipinski definition) is 3. The molecule has 102 valence electrons. The average molecular weight is 270 g/mol. The van der Waals surface area contributed by atoms with E-state index in [1.54, 1.807) is 11.7 Å². The number of rotatable bonds is 2. The Labute approximate surface area is 114 Å². The predicted molar refractivity (Wildman–Crippen MR) is 75.8 cm³/mol. The van der Waals surface area contributed by atoms with E-state index in [1.165, 1.54) is 7.05 Å². The molecule has 20 heavy (non-hydrogen) atoms. The van der Waals surface area contributed by atoms with Crippen LogP contribution in [0, 0.1) is 0 Å². The maximum Gasteiger partial charge on any atom is 0.329 e. The first-order chi connectivity index (χ1) is 9.58. The van der Waals surface area contributed by atoms with Crippen LogP contribution in [0.5, 0.6) is 0 Å². The Kier molecular flexibility index (Phi) is 2.78. The molecule has 2 aromatic heterocycles. The van der Waals surface area contributed by atoms with Crippen LogP contribution in [-0.4, -0.2) is 19.3 Å². The smallest absolute Gasteiger partial charge is 0.290 e. The summed E-state index contributed by atoms with van der Waals surface area (Å²) in [7, 11) is 3.23. The summed E-state index contributed by atoms with van der Waals surface area (Å²) in [4.78, 5) is 26.5. The first kappa shape index (κ1) is 12.4. The number of aromatic amines is 1. The van der Waals surface area contributed by atoms with E-state index < -0.39 is 5.69 Å². The summed E-state index contributed by atoms with van der Waals surface area (Å²) < 4.78 is 2.72. The molecule has 3 rings (SSSR count). The SMILES string of the molecule is Cn1nc2[nH]c(=O)n(C)c(=O)c2c1Cc1ccccc1. The van der Waals surface area contributed by atoms with Gasteiger partial charge in [-0.1, -0.05) is 30.3 Å². The third kappa shape index (κ3) is 1.85. The number of aromatic nitrogens is 4. The zero-order valence-electron chi connectivity index (χ0n) is 11.3. The average Bonchev–Trinajstić information content (AvgIpc) is 2.74. The molecule has 0 aliphatic rings. The molecule has 0 aliphatic carbocycles. The number of benzene rings is 1. The molecule has 0 unspecified atom stereocenters. The van der Waals surface area contributed by atoms with Crippen LogP contribution in [0.25, 0.3) is 11.0 Å². The lowest BCUT2D eigenvalue weighted by molar-refractivity contribution is 0.731. The number of fused-ring (bicyclic) bond motifs is 1. The summed E-state index contributed by atoms with van der Waals surface area (Å²) in [6.45, 7) is 0. The fourth-order valence-electron chi connectivity index (χ4n) is 2.31. The Morgan fingerprint density at radius 2 is 1.85 bits per heavy atom. The summed E-state index contributed by atoms with van der Waals surface area (Å²) in [6.07, 6.45) is 0.592. The largest absolute Gasteiger partial charge is 0.329 e. The van der Waals surface area contributed by atoms with Gasteiger partial charge >= 0.3 is 5.69 Å². The van der Waals surface area contributed by atoms with Crippen molar-refractivity contribution in [2.45, 2.75) is 6.42 Å². The van der Waals surface area contributed by atoms with Gasteiger partial charge in [0.2, 0.25) is 0 Å². The van der Waals surface area contributed by atoms with Gasteiger partial charge in [-0.2, -0.15) is 5.10 Å². The minimum atomic E-state index is -0.452. The van der Waals surface area contributed by atoms with Crippen LogP contribution in [-0.2, 0) is 20.5 Å². The van der Waals surface area contributed by atoms with Crippen molar-refractivity contribution in [1.29, 1.82) is 0 Å². The van der Waals surface area contributed by atoms with E-state index >= 15 is 0 Å². The van der Waals surface area contributed by atoms with Crippen LogP contribution in [0.3, 0.4) is 0 Å². The van der Waals surface area contributed by atoms with Crippen LogP contribution < -0.4 is 11.2 Å². The lowest BCUT2D eigenvalue weighted by Crippen LogP contribution is -2.32. The lowest BCUT2D eigenvalue weighted by Gasteiger charge is -2.03. The molecule has 0 bridgehead atoms. The standard InChI is InChI=1S/C14H14N4O2/c1-17-13(19)11-10(8-9-6-4-3-5-7-9)18(2)16-12(11)15-14(17)20/h3-7H,8H2,1-2H3,(H,15,16,20). The third-order valence-electron chi connectivity index (χ3n) is 3.43. The van der Waals surface area contributed by atoms with E-state index in [0.29, 0.717) is 17.5 Å². The van der Waals surface area contributed by atoms with Crippen molar-refractivity contribution in [3.8, 4) is 0 Å². The van der Waals surface area contributed by atoms with E-state index in [0.717, 1.165) is 15.8 Å². The normalized spacial score (nSPS) is 11.1. The van der Waals surface area contributed by atoms with Crippen molar-refractivity contribution >= 4 is 11.0 Å². The molecule has 0 aliphatic heterocycles. The van der Waals surface area contributed by atoms with Crippen LogP contribution in [0.4, 0.5) is 0 Å². The van der Waals surface area contributed by atoms with Gasteiger partial charge in [0.15, 0.2) is 5.65 Å². The first-order valence-electron chi connectivity index (χ1n) is 6.26. The molecule has 6 heteroatoms.